The number of fused-ring (bicyclic) bond motifs is 1. The molecule has 1 aromatic heterocycles. The molecule has 0 atom stereocenters. The highest BCUT2D eigenvalue weighted by molar-refractivity contribution is 6.42. The third-order valence-corrected chi connectivity index (χ3v) is 4.21. The number of rotatable bonds is 3. The Bertz CT molecular complexity index is 891. The molecule has 1 aliphatic heterocycles. The topological polar surface area (TPSA) is 53.2 Å². The molecule has 5 nitrogen and oxygen atoms in total. The van der Waals surface area contributed by atoms with Crippen LogP contribution >= 0.6 is 0 Å². The Kier molecular flexibility index (Phi) is 5.44. The minimum absolute atomic E-state index is 0. The summed E-state index contributed by atoms with van der Waals surface area (Å²) in [5.74, 6) is -0.445. The molecule has 6 heteroatoms. The molecule has 2 heterocycles. The zero-order chi connectivity index (χ0) is 18.4. The van der Waals surface area contributed by atoms with Gasteiger partial charge in [0.15, 0.2) is 6.54 Å². The summed E-state index contributed by atoms with van der Waals surface area (Å²) in [6.45, 7) is 4.24. The van der Waals surface area contributed by atoms with E-state index in [1.807, 2.05) is 71.4 Å². The van der Waals surface area contributed by atoms with E-state index in [9.17, 15) is 9.59 Å². The van der Waals surface area contributed by atoms with E-state index < -0.39 is 0 Å². The van der Waals surface area contributed by atoms with E-state index in [1.54, 1.807) is 0 Å². The molecule has 0 bridgehead atoms. The van der Waals surface area contributed by atoms with Gasteiger partial charge in [0.25, 0.3) is 11.8 Å². The van der Waals surface area contributed by atoms with Gasteiger partial charge in [0.2, 0.25) is 0 Å². The zero-order valence-corrected chi connectivity index (χ0v) is 16.5. The van der Waals surface area contributed by atoms with Gasteiger partial charge in [0, 0.05) is 17.0 Å². The standard InChI is InChI=1S/C20H23N3O2.ClH/c1-13-10-14(2)21-17(13)11-16-15-8-6-7-9-18(15)22(20(16)25)19(24)12-23(3,4)5;/h6-11H,12H2,1-5H3;1H. The van der Waals surface area contributed by atoms with Gasteiger partial charge in [0.05, 0.1) is 32.4 Å². The molecule has 1 aliphatic rings. The SMILES string of the molecule is Cc1cc(C)c(C=C2C(=O)N(C(=O)C[N+](C)(C)C)c3ccccc32)[nH]1.[Cl-]. The summed E-state index contributed by atoms with van der Waals surface area (Å²) in [5, 5.41) is 0. The smallest absolute Gasteiger partial charge is 0.289 e. The number of aryl methyl sites for hydroxylation is 2. The van der Waals surface area contributed by atoms with Crippen molar-refractivity contribution < 1.29 is 26.5 Å². The predicted molar refractivity (Wildman–Crippen MR) is 100.0 cm³/mol. The molecule has 0 spiro atoms. The molecule has 1 aromatic carbocycles. The van der Waals surface area contributed by atoms with Crippen molar-refractivity contribution in [2.75, 3.05) is 32.6 Å². The van der Waals surface area contributed by atoms with Gasteiger partial charge in [-0.25, -0.2) is 4.90 Å². The van der Waals surface area contributed by atoms with E-state index >= 15 is 0 Å². The van der Waals surface area contributed by atoms with Crippen LogP contribution in [0.25, 0.3) is 11.6 Å². The summed E-state index contributed by atoms with van der Waals surface area (Å²) in [6, 6.07) is 9.50. The fourth-order valence-corrected chi connectivity index (χ4v) is 3.15. The summed E-state index contributed by atoms with van der Waals surface area (Å²) in [4.78, 5) is 30.4. The maximum atomic E-state index is 13.0. The van der Waals surface area contributed by atoms with Gasteiger partial charge in [0.1, 0.15) is 0 Å². The van der Waals surface area contributed by atoms with Gasteiger partial charge in [-0.3, -0.25) is 9.59 Å². The van der Waals surface area contributed by atoms with Crippen molar-refractivity contribution in [3.05, 3.63) is 52.8 Å². The molecule has 0 fully saturated rings. The first-order valence-electron chi connectivity index (χ1n) is 8.32. The van der Waals surface area contributed by atoms with Crippen LogP contribution in [-0.2, 0) is 9.59 Å². The summed E-state index contributed by atoms with van der Waals surface area (Å²) >= 11 is 0. The molecule has 0 unspecified atom stereocenters. The first kappa shape index (κ1) is 19.9. The Balaban J connectivity index is 0.00000243. The van der Waals surface area contributed by atoms with Crippen LogP contribution < -0.4 is 17.3 Å². The van der Waals surface area contributed by atoms with Crippen LogP contribution in [0.4, 0.5) is 5.69 Å². The van der Waals surface area contributed by atoms with Gasteiger partial charge < -0.3 is 21.9 Å². The average Bonchev–Trinajstić information content (AvgIpc) is 2.95. The number of nitrogens with one attached hydrogen (secondary N) is 1. The van der Waals surface area contributed by atoms with Crippen LogP contribution in [0.15, 0.2) is 30.3 Å². The van der Waals surface area contributed by atoms with Crippen LogP contribution in [0.2, 0.25) is 0 Å². The number of amides is 2. The van der Waals surface area contributed by atoms with Gasteiger partial charge in [-0.1, -0.05) is 18.2 Å². The van der Waals surface area contributed by atoms with Gasteiger partial charge >= 0.3 is 0 Å². The highest BCUT2D eigenvalue weighted by atomic mass is 35.5. The number of imide groups is 1. The zero-order valence-electron chi connectivity index (χ0n) is 15.8. The van der Waals surface area contributed by atoms with Gasteiger partial charge in [-0.05, 0) is 37.6 Å². The molecule has 138 valence electrons. The maximum Gasteiger partial charge on any atom is 0.289 e. The van der Waals surface area contributed by atoms with Crippen molar-refractivity contribution in [1.82, 2.24) is 4.98 Å². The van der Waals surface area contributed by atoms with Crippen molar-refractivity contribution in [3.8, 4) is 0 Å². The highest BCUT2D eigenvalue weighted by Crippen LogP contribution is 2.38. The summed E-state index contributed by atoms with van der Waals surface area (Å²) in [6.07, 6.45) is 1.85. The van der Waals surface area contributed by atoms with Crippen molar-refractivity contribution >= 4 is 29.2 Å². The number of hydrogen-bond acceptors (Lipinski definition) is 2. The number of carbonyl (C=O) groups is 2. The number of carbonyl (C=O) groups excluding carboxylic acids is 2. The first-order chi connectivity index (χ1) is 11.7. The minimum atomic E-state index is -0.258. The van der Waals surface area contributed by atoms with E-state index in [2.05, 4.69) is 4.98 Å². The molecule has 0 radical (unpaired) electrons. The Morgan fingerprint density at radius 3 is 2.42 bits per heavy atom. The second-order valence-electron chi connectivity index (χ2n) is 7.61. The second-order valence-corrected chi connectivity index (χ2v) is 7.61. The summed E-state index contributed by atoms with van der Waals surface area (Å²) in [7, 11) is 5.81. The van der Waals surface area contributed by atoms with Crippen LogP contribution in [0, 0.1) is 13.8 Å². The third-order valence-electron chi connectivity index (χ3n) is 4.21. The van der Waals surface area contributed by atoms with Gasteiger partial charge in [-0.2, -0.15) is 0 Å². The number of benzene rings is 1. The monoisotopic (exact) mass is 373 g/mol. The van der Waals surface area contributed by atoms with Crippen molar-refractivity contribution in [2.45, 2.75) is 13.8 Å². The fraction of sp³-hybridized carbons (Fsp3) is 0.300. The molecular weight excluding hydrogens is 350 g/mol. The van der Waals surface area contributed by atoms with Crippen molar-refractivity contribution in [1.29, 1.82) is 0 Å². The lowest BCUT2D eigenvalue weighted by Gasteiger charge is -2.25. The van der Waals surface area contributed by atoms with E-state index in [0.29, 0.717) is 15.7 Å². The lowest BCUT2D eigenvalue weighted by Crippen LogP contribution is -3.00. The second kappa shape index (κ2) is 7.09. The normalized spacial score (nSPS) is 15.2. The quantitative estimate of drug-likeness (QED) is 0.596. The number of anilines is 1. The van der Waals surface area contributed by atoms with Crippen molar-refractivity contribution in [3.63, 3.8) is 0 Å². The molecular formula is C20H24ClN3O2. The molecule has 3 rings (SSSR count). The number of halogens is 1. The van der Waals surface area contributed by atoms with Crippen LogP contribution in [-0.4, -0.2) is 49.0 Å². The van der Waals surface area contributed by atoms with E-state index in [0.717, 1.165) is 22.5 Å². The molecule has 2 aromatic rings. The molecule has 26 heavy (non-hydrogen) atoms. The van der Waals surface area contributed by atoms with Crippen LogP contribution in [0.5, 0.6) is 0 Å². The Labute approximate surface area is 160 Å². The van der Waals surface area contributed by atoms with E-state index in [1.165, 1.54) is 4.90 Å². The minimum Gasteiger partial charge on any atom is -1.00 e. The number of para-hydroxylation sites is 1. The molecule has 0 saturated carbocycles. The Hall–Kier alpha value is -2.37. The third kappa shape index (κ3) is 3.74. The fourth-order valence-electron chi connectivity index (χ4n) is 3.15. The number of hydrogen-bond donors (Lipinski definition) is 1. The lowest BCUT2D eigenvalue weighted by atomic mass is 10.1. The van der Waals surface area contributed by atoms with Crippen LogP contribution in [0.3, 0.4) is 0 Å². The first-order valence-corrected chi connectivity index (χ1v) is 8.32. The Morgan fingerprint density at radius 2 is 1.85 bits per heavy atom. The predicted octanol–water partition coefficient (Wildman–Crippen LogP) is -0.244. The average molecular weight is 374 g/mol. The molecule has 1 N–H and O–H groups in total. The largest absolute Gasteiger partial charge is 1.00 e. The Morgan fingerprint density at radius 1 is 1.19 bits per heavy atom. The number of aromatic nitrogens is 1. The summed E-state index contributed by atoms with van der Waals surface area (Å²) in [5.41, 5.74) is 5.03. The molecule has 0 aliphatic carbocycles. The highest BCUT2D eigenvalue weighted by Gasteiger charge is 2.38. The molecule has 2 amide bonds. The van der Waals surface area contributed by atoms with Crippen LogP contribution in [0.1, 0.15) is 22.5 Å². The van der Waals surface area contributed by atoms with E-state index in [4.69, 9.17) is 0 Å². The number of nitrogens with zero attached hydrogens (tertiary/aromatic N) is 2. The van der Waals surface area contributed by atoms with E-state index in [-0.39, 0.29) is 30.8 Å². The number of quaternary nitrogens is 1. The number of H-pyrrole nitrogens is 1. The van der Waals surface area contributed by atoms with Gasteiger partial charge in [-0.15, -0.1) is 0 Å². The molecule has 0 saturated heterocycles. The summed E-state index contributed by atoms with van der Waals surface area (Å²) < 4.78 is 0.471. The lowest BCUT2D eigenvalue weighted by molar-refractivity contribution is -0.862. The number of aromatic amines is 1. The number of likely N-dealkylation sites (N-methyl/N-ethyl adjacent to an activating group) is 1. The van der Waals surface area contributed by atoms with Crippen molar-refractivity contribution in [2.24, 2.45) is 0 Å². The maximum absolute atomic E-state index is 13.0.